The fourth-order valence-electron chi connectivity index (χ4n) is 4.79. The van der Waals surface area contributed by atoms with Gasteiger partial charge in [-0.1, -0.05) is 91.0 Å². The lowest BCUT2D eigenvalue weighted by Crippen LogP contribution is -2.55. The topological polar surface area (TPSA) is 144 Å². The van der Waals surface area contributed by atoms with Crippen LogP contribution in [0.25, 0.3) is 10.8 Å². The third kappa shape index (κ3) is 6.34. The number of fused-ring (bicyclic) bond motifs is 1. The van der Waals surface area contributed by atoms with Gasteiger partial charge in [0.2, 0.25) is 21.8 Å². The first-order chi connectivity index (χ1) is 18.7. The first-order valence-corrected chi connectivity index (χ1v) is 14.1. The highest BCUT2D eigenvalue weighted by atomic mass is 32.2. The molecule has 2 atom stereocenters. The molecule has 8 nitrogen and oxygen atoms in total. The molecule has 0 saturated heterocycles. The van der Waals surface area contributed by atoms with Gasteiger partial charge in [0, 0.05) is 11.3 Å². The van der Waals surface area contributed by atoms with Gasteiger partial charge in [0.15, 0.2) is 0 Å². The van der Waals surface area contributed by atoms with Crippen LogP contribution in [0, 0.1) is 6.92 Å². The highest BCUT2D eigenvalue weighted by Gasteiger charge is 2.34. The van der Waals surface area contributed by atoms with Crippen molar-refractivity contribution < 1.29 is 18.0 Å². The zero-order valence-electron chi connectivity index (χ0n) is 21.6. The number of nitrogens with two attached hydrogens (primary N) is 2. The molecule has 9 heteroatoms. The molecule has 39 heavy (non-hydrogen) atoms. The summed E-state index contributed by atoms with van der Waals surface area (Å²) in [6, 6.07) is 26.5. The maximum Gasteiger partial charge on any atom is 0.241 e. The number of primary amides is 1. The summed E-state index contributed by atoms with van der Waals surface area (Å²) < 4.78 is 29.6. The molecule has 0 bridgehead atoms. The van der Waals surface area contributed by atoms with E-state index in [0.717, 1.165) is 22.1 Å². The van der Waals surface area contributed by atoms with Crippen LogP contribution in [0.4, 0.5) is 0 Å². The van der Waals surface area contributed by atoms with E-state index in [9.17, 15) is 18.0 Å². The predicted molar refractivity (Wildman–Crippen MR) is 152 cm³/mol. The Bertz CT molecular complexity index is 1520. The molecule has 0 aliphatic rings. The zero-order chi connectivity index (χ0) is 28.0. The standard InChI is InChI=1S/C30H32N4O4S/c1-20-16-17-26(24-15-9-8-14-23(20)24)39(37,38)34-25(18-19-31)30(36)33-28(29(32)35)27(21-10-4-2-5-11-21)22-12-6-3-7-13-22/h2-17,25,27-28,34H,18-19,31H2,1H3,(H2,32,35)(H,33,36)/t25?,28-/m0/s1. The summed E-state index contributed by atoms with van der Waals surface area (Å²) in [7, 11) is -4.13. The van der Waals surface area contributed by atoms with Crippen molar-refractivity contribution in [2.24, 2.45) is 11.5 Å². The van der Waals surface area contributed by atoms with Crippen molar-refractivity contribution in [2.45, 2.75) is 36.2 Å². The van der Waals surface area contributed by atoms with Crippen LogP contribution in [0.1, 0.15) is 29.0 Å². The van der Waals surface area contributed by atoms with Gasteiger partial charge in [-0.15, -0.1) is 0 Å². The molecule has 4 aromatic carbocycles. The van der Waals surface area contributed by atoms with Crippen LogP contribution in [0.2, 0.25) is 0 Å². The minimum atomic E-state index is -4.13. The van der Waals surface area contributed by atoms with E-state index in [0.29, 0.717) is 5.39 Å². The molecular weight excluding hydrogens is 512 g/mol. The van der Waals surface area contributed by atoms with Crippen molar-refractivity contribution in [3.8, 4) is 0 Å². The lowest BCUT2D eigenvalue weighted by Gasteiger charge is -2.28. The first kappa shape index (κ1) is 28.0. The van der Waals surface area contributed by atoms with Crippen molar-refractivity contribution in [3.63, 3.8) is 0 Å². The smallest absolute Gasteiger partial charge is 0.241 e. The molecule has 0 aliphatic heterocycles. The Kier molecular flexibility index (Phi) is 8.75. The second-order valence-electron chi connectivity index (χ2n) is 9.37. The van der Waals surface area contributed by atoms with Gasteiger partial charge < -0.3 is 16.8 Å². The molecule has 4 rings (SSSR count). The quantitative estimate of drug-likeness (QED) is 0.229. The number of hydrogen-bond acceptors (Lipinski definition) is 5. The second-order valence-corrected chi connectivity index (χ2v) is 11.0. The Hall–Kier alpha value is -4.05. The van der Waals surface area contributed by atoms with E-state index in [4.69, 9.17) is 11.5 Å². The Labute approximate surface area is 228 Å². The van der Waals surface area contributed by atoms with Gasteiger partial charge in [-0.25, -0.2) is 8.42 Å². The minimum absolute atomic E-state index is 0.0156. The van der Waals surface area contributed by atoms with Gasteiger partial charge in [0.05, 0.1) is 4.90 Å². The molecule has 202 valence electrons. The molecule has 0 radical (unpaired) electrons. The van der Waals surface area contributed by atoms with Crippen molar-refractivity contribution in [2.75, 3.05) is 6.54 Å². The average Bonchev–Trinajstić information content (AvgIpc) is 2.93. The largest absolute Gasteiger partial charge is 0.368 e. The van der Waals surface area contributed by atoms with E-state index in [1.165, 1.54) is 6.07 Å². The van der Waals surface area contributed by atoms with E-state index in [-0.39, 0.29) is 17.9 Å². The van der Waals surface area contributed by atoms with E-state index >= 15 is 0 Å². The highest BCUT2D eigenvalue weighted by Crippen LogP contribution is 2.29. The van der Waals surface area contributed by atoms with Gasteiger partial charge in [0.25, 0.3) is 0 Å². The average molecular weight is 545 g/mol. The molecule has 0 fully saturated rings. The molecule has 2 amide bonds. The van der Waals surface area contributed by atoms with Crippen LogP contribution in [0.3, 0.4) is 0 Å². The Balaban J connectivity index is 1.66. The van der Waals surface area contributed by atoms with Crippen molar-refractivity contribution in [1.29, 1.82) is 0 Å². The number of hydrogen-bond donors (Lipinski definition) is 4. The number of carbonyl (C=O) groups is 2. The summed E-state index contributed by atoms with van der Waals surface area (Å²) in [5, 5.41) is 4.06. The first-order valence-electron chi connectivity index (χ1n) is 12.6. The Morgan fingerprint density at radius 1 is 0.795 bits per heavy atom. The molecule has 4 aromatic rings. The van der Waals surface area contributed by atoms with E-state index in [1.807, 2.05) is 79.7 Å². The van der Waals surface area contributed by atoms with Crippen molar-refractivity contribution in [1.82, 2.24) is 10.0 Å². The van der Waals surface area contributed by atoms with Gasteiger partial charge in [0.1, 0.15) is 12.1 Å². The summed E-state index contributed by atoms with van der Waals surface area (Å²) in [6.07, 6.45) is 0.0156. The lowest BCUT2D eigenvalue weighted by molar-refractivity contribution is -0.128. The third-order valence-electron chi connectivity index (χ3n) is 6.72. The number of carbonyl (C=O) groups excluding carboxylic acids is 2. The monoisotopic (exact) mass is 544 g/mol. The van der Waals surface area contributed by atoms with Gasteiger partial charge >= 0.3 is 0 Å². The number of rotatable bonds is 11. The minimum Gasteiger partial charge on any atom is -0.368 e. The number of amides is 2. The third-order valence-corrected chi connectivity index (χ3v) is 8.25. The number of nitrogens with one attached hydrogen (secondary N) is 2. The maximum atomic E-state index is 13.5. The Morgan fingerprint density at radius 2 is 1.33 bits per heavy atom. The number of benzene rings is 4. The normalized spacial score (nSPS) is 13.2. The van der Waals surface area contributed by atoms with E-state index in [2.05, 4.69) is 10.0 Å². The van der Waals surface area contributed by atoms with Crippen LogP contribution >= 0.6 is 0 Å². The molecular formula is C30H32N4O4S. The highest BCUT2D eigenvalue weighted by molar-refractivity contribution is 7.89. The number of aryl methyl sites for hydroxylation is 1. The lowest BCUT2D eigenvalue weighted by atomic mass is 9.84. The molecule has 1 unspecified atom stereocenters. The molecule has 0 spiro atoms. The maximum absolute atomic E-state index is 13.5. The van der Waals surface area contributed by atoms with Crippen LogP contribution in [-0.2, 0) is 19.6 Å². The van der Waals surface area contributed by atoms with Crippen molar-refractivity contribution >= 4 is 32.6 Å². The van der Waals surface area contributed by atoms with E-state index in [1.54, 1.807) is 18.2 Å². The summed E-state index contributed by atoms with van der Waals surface area (Å²) in [6.45, 7) is 1.94. The van der Waals surface area contributed by atoms with Gasteiger partial charge in [-0.2, -0.15) is 4.72 Å². The van der Waals surface area contributed by atoms with Crippen LogP contribution in [-0.4, -0.2) is 38.9 Å². The van der Waals surface area contributed by atoms with Gasteiger partial charge in [-0.3, -0.25) is 9.59 Å². The molecule has 6 N–H and O–H groups in total. The fourth-order valence-corrected chi connectivity index (χ4v) is 6.23. The summed E-state index contributed by atoms with van der Waals surface area (Å²) in [4.78, 5) is 26.3. The fraction of sp³-hybridized carbons (Fsp3) is 0.200. The second kappa shape index (κ2) is 12.2. The molecule has 0 aliphatic carbocycles. The van der Waals surface area contributed by atoms with Crippen LogP contribution < -0.4 is 21.5 Å². The summed E-state index contributed by atoms with van der Waals surface area (Å²) in [5.41, 5.74) is 14.0. The van der Waals surface area contributed by atoms with Crippen molar-refractivity contribution in [3.05, 3.63) is 114 Å². The zero-order valence-corrected chi connectivity index (χ0v) is 22.4. The predicted octanol–water partition coefficient (Wildman–Crippen LogP) is 2.95. The van der Waals surface area contributed by atoms with Gasteiger partial charge in [-0.05, 0) is 48.0 Å². The molecule has 0 saturated carbocycles. The summed E-state index contributed by atoms with van der Waals surface area (Å²) >= 11 is 0. The number of sulfonamides is 1. The SMILES string of the molecule is Cc1ccc(S(=O)(=O)NC(CCN)C(=O)N[C@H](C(N)=O)C(c2ccccc2)c2ccccc2)c2ccccc12. The Morgan fingerprint density at radius 3 is 1.87 bits per heavy atom. The van der Waals surface area contributed by atoms with E-state index < -0.39 is 39.8 Å². The van der Waals surface area contributed by atoms with Crippen LogP contribution in [0.15, 0.2) is 102 Å². The molecule has 0 aromatic heterocycles. The molecule has 0 heterocycles. The summed E-state index contributed by atoms with van der Waals surface area (Å²) in [5.74, 6) is -2.04. The van der Waals surface area contributed by atoms with Crippen LogP contribution in [0.5, 0.6) is 0 Å².